The molecule has 0 unspecified atom stereocenters. The number of fused-ring (bicyclic) bond motifs is 1. The van der Waals surface area contributed by atoms with Gasteiger partial charge in [0.15, 0.2) is 5.65 Å². The van der Waals surface area contributed by atoms with Crippen LogP contribution in [0.25, 0.3) is 28.0 Å². The largest absolute Gasteiger partial charge is 0.383 e. The van der Waals surface area contributed by atoms with Crippen LogP contribution in [0.2, 0.25) is 0 Å². The molecule has 0 aliphatic carbocycles. The summed E-state index contributed by atoms with van der Waals surface area (Å²) in [5.41, 5.74) is 15.8. The number of nitrogens with two attached hydrogens (primary N) is 2. The Hall–Kier alpha value is -5.59. The topological polar surface area (TPSA) is 188 Å². The molecule has 3 aromatic heterocycles. The lowest BCUT2D eigenvalue weighted by Crippen LogP contribution is -2.41. The Bertz CT molecular complexity index is 1910. The highest BCUT2D eigenvalue weighted by Gasteiger charge is 2.27. The van der Waals surface area contributed by atoms with Crippen molar-refractivity contribution in [2.24, 2.45) is 11.7 Å². The SMILES string of the molecule is CC(C)(C)c1cc(CC(=O)Nc2ccc(-n3nc(-c4ccc(C(=O)N5CCC(C(N)=O)CC5)cc4)c4c(N)ncnc43)cc2)no1. The van der Waals surface area contributed by atoms with Gasteiger partial charge in [-0.2, -0.15) is 5.10 Å². The van der Waals surface area contributed by atoms with E-state index in [1.165, 1.54) is 6.33 Å². The maximum absolute atomic E-state index is 13.1. The van der Waals surface area contributed by atoms with Gasteiger partial charge in [0.25, 0.3) is 5.91 Å². The lowest BCUT2D eigenvalue weighted by Gasteiger charge is -2.30. The van der Waals surface area contributed by atoms with E-state index in [0.29, 0.717) is 65.3 Å². The van der Waals surface area contributed by atoms with Gasteiger partial charge >= 0.3 is 0 Å². The van der Waals surface area contributed by atoms with Gasteiger partial charge in [-0.25, -0.2) is 14.6 Å². The number of hydrogen-bond donors (Lipinski definition) is 3. The van der Waals surface area contributed by atoms with E-state index < -0.39 is 0 Å². The second kappa shape index (κ2) is 12.1. The number of nitrogens with zero attached hydrogens (tertiary/aromatic N) is 6. The van der Waals surface area contributed by atoms with Gasteiger partial charge in [0, 0.05) is 47.3 Å². The van der Waals surface area contributed by atoms with Gasteiger partial charge in [0.2, 0.25) is 11.8 Å². The molecule has 0 radical (unpaired) electrons. The van der Waals surface area contributed by atoms with Crippen LogP contribution < -0.4 is 16.8 Å². The van der Waals surface area contributed by atoms with Crippen LogP contribution >= 0.6 is 0 Å². The summed E-state index contributed by atoms with van der Waals surface area (Å²) >= 11 is 0. The van der Waals surface area contributed by atoms with E-state index in [0.717, 1.165) is 11.3 Å². The number of aromatic nitrogens is 5. The second-order valence-corrected chi connectivity index (χ2v) is 12.5. The zero-order chi connectivity index (χ0) is 32.6. The Morgan fingerprint density at radius 3 is 2.33 bits per heavy atom. The summed E-state index contributed by atoms with van der Waals surface area (Å²) < 4.78 is 7.05. The monoisotopic (exact) mass is 621 g/mol. The van der Waals surface area contributed by atoms with Crippen molar-refractivity contribution in [3.8, 4) is 16.9 Å². The minimum atomic E-state index is -0.317. The maximum atomic E-state index is 13.1. The minimum Gasteiger partial charge on any atom is -0.383 e. The van der Waals surface area contributed by atoms with Crippen molar-refractivity contribution in [1.29, 1.82) is 0 Å². The lowest BCUT2D eigenvalue weighted by atomic mass is 9.93. The van der Waals surface area contributed by atoms with Crippen molar-refractivity contribution >= 4 is 40.3 Å². The Morgan fingerprint density at radius 2 is 1.70 bits per heavy atom. The van der Waals surface area contributed by atoms with Crippen LogP contribution in [-0.4, -0.2) is 60.6 Å². The van der Waals surface area contributed by atoms with Crippen molar-refractivity contribution in [2.45, 2.75) is 45.4 Å². The van der Waals surface area contributed by atoms with Gasteiger partial charge in [-0.1, -0.05) is 38.1 Å². The molecule has 0 bridgehead atoms. The van der Waals surface area contributed by atoms with E-state index in [1.54, 1.807) is 39.9 Å². The number of amides is 3. The van der Waals surface area contributed by atoms with Gasteiger partial charge in [-0.15, -0.1) is 0 Å². The summed E-state index contributed by atoms with van der Waals surface area (Å²) in [5.74, 6) is 0.169. The third-order valence-corrected chi connectivity index (χ3v) is 8.12. The number of nitrogen functional groups attached to an aromatic ring is 1. The first-order valence-corrected chi connectivity index (χ1v) is 15.0. The lowest BCUT2D eigenvalue weighted by molar-refractivity contribution is -0.123. The third kappa shape index (κ3) is 6.16. The molecule has 1 fully saturated rings. The Morgan fingerprint density at radius 1 is 1.00 bits per heavy atom. The number of nitrogens with one attached hydrogen (secondary N) is 1. The van der Waals surface area contributed by atoms with Crippen LogP contribution in [0, 0.1) is 5.92 Å². The zero-order valence-corrected chi connectivity index (χ0v) is 25.9. The number of benzene rings is 2. The van der Waals surface area contributed by atoms with Crippen molar-refractivity contribution < 1.29 is 18.9 Å². The molecule has 0 atom stereocenters. The number of hydrogen-bond acceptors (Lipinski definition) is 9. The van der Waals surface area contributed by atoms with E-state index in [9.17, 15) is 14.4 Å². The molecular weight excluding hydrogens is 586 g/mol. The molecule has 1 aliphatic rings. The standard InChI is InChI=1S/C33H35N9O4/c1-33(2,3)25-16-23(40-46-25)17-26(43)38-22-8-10-24(11-9-22)42-31-27(29(34)36-18-37-31)28(39-42)19-4-6-21(7-5-19)32(45)41-14-12-20(13-15-41)30(35)44/h4-11,16,18,20H,12-15,17H2,1-3H3,(H2,35,44)(H,38,43)(H2,34,36,37). The molecule has 13 heteroatoms. The summed E-state index contributed by atoms with van der Waals surface area (Å²) in [6.45, 7) is 7.03. The molecule has 0 spiro atoms. The Labute approximate surface area is 265 Å². The summed E-state index contributed by atoms with van der Waals surface area (Å²) in [6.07, 6.45) is 2.60. The van der Waals surface area contributed by atoms with Crippen LogP contribution in [0.4, 0.5) is 11.5 Å². The number of anilines is 2. The van der Waals surface area contributed by atoms with Crippen LogP contribution in [0.15, 0.2) is 65.4 Å². The number of carbonyl (C=O) groups excluding carboxylic acids is 3. The quantitative estimate of drug-likeness (QED) is 0.242. The fourth-order valence-corrected chi connectivity index (χ4v) is 5.48. The molecule has 1 saturated heterocycles. The van der Waals surface area contributed by atoms with E-state index in [1.807, 2.05) is 45.0 Å². The Kier molecular flexibility index (Phi) is 7.99. The highest BCUT2D eigenvalue weighted by Crippen LogP contribution is 2.32. The van der Waals surface area contributed by atoms with Crippen LogP contribution in [0.1, 0.15) is 55.4 Å². The first-order valence-electron chi connectivity index (χ1n) is 15.0. The van der Waals surface area contributed by atoms with E-state index in [2.05, 4.69) is 20.4 Å². The van der Waals surface area contributed by atoms with E-state index >= 15 is 0 Å². The predicted octanol–water partition coefficient (Wildman–Crippen LogP) is 3.87. The molecule has 1 aliphatic heterocycles. The van der Waals surface area contributed by atoms with Gasteiger partial charge in [-0.05, 0) is 49.2 Å². The normalized spacial score (nSPS) is 14.0. The van der Waals surface area contributed by atoms with Crippen molar-refractivity contribution in [3.05, 3.63) is 77.9 Å². The Balaban J connectivity index is 1.19. The maximum Gasteiger partial charge on any atom is 0.253 e. The van der Waals surface area contributed by atoms with Gasteiger partial charge in [-0.3, -0.25) is 14.4 Å². The average Bonchev–Trinajstić information content (AvgIpc) is 3.67. The number of primary amides is 1. The van der Waals surface area contributed by atoms with Crippen LogP contribution in [0.5, 0.6) is 0 Å². The fraction of sp³-hybridized carbons (Fsp3) is 0.303. The molecule has 5 aromatic rings. The molecule has 6 rings (SSSR count). The smallest absolute Gasteiger partial charge is 0.253 e. The fourth-order valence-electron chi connectivity index (χ4n) is 5.48. The molecule has 13 nitrogen and oxygen atoms in total. The van der Waals surface area contributed by atoms with E-state index in [-0.39, 0.29) is 41.3 Å². The number of piperidine rings is 1. The molecule has 0 saturated carbocycles. The van der Waals surface area contributed by atoms with Crippen molar-refractivity contribution in [2.75, 3.05) is 24.1 Å². The van der Waals surface area contributed by atoms with Gasteiger partial charge < -0.3 is 26.2 Å². The minimum absolute atomic E-state index is 0.0862. The van der Waals surface area contributed by atoms with E-state index in [4.69, 9.17) is 21.1 Å². The summed E-state index contributed by atoms with van der Waals surface area (Å²) in [7, 11) is 0. The first kappa shape index (κ1) is 30.4. The molecule has 3 amide bonds. The number of rotatable bonds is 7. The average molecular weight is 622 g/mol. The first-order chi connectivity index (χ1) is 22.0. The number of likely N-dealkylation sites (tertiary alicyclic amines) is 1. The van der Waals surface area contributed by atoms with Crippen molar-refractivity contribution in [1.82, 2.24) is 29.8 Å². The van der Waals surface area contributed by atoms with Crippen molar-refractivity contribution in [3.63, 3.8) is 0 Å². The highest BCUT2D eigenvalue weighted by molar-refractivity contribution is 6.00. The van der Waals surface area contributed by atoms with Gasteiger partial charge in [0.1, 0.15) is 23.6 Å². The summed E-state index contributed by atoms with van der Waals surface area (Å²) in [4.78, 5) is 47.7. The summed E-state index contributed by atoms with van der Waals surface area (Å²) in [6, 6.07) is 16.1. The second-order valence-electron chi connectivity index (χ2n) is 12.5. The summed E-state index contributed by atoms with van der Waals surface area (Å²) in [5, 5.41) is 12.3. The molecule has 236 valence electrons. The zero-order valence-electron chi connectivity index (χ0n) is 25.9. The third-order valence-electron chi connectivity index (χ3n) is 8.12. The van der Waals surface area contributed by atoms with Gasteiger partial charge in [0.05, 0.1) is 23.2 Å². The molecule has 46 heavy (non-hydrogen) atoms. The van der Waals surface area contributed by atoms with Crippen LogP contribution in [0.3, 0.4) is 0 Å². The molecule has 4 heterocycles. The highest BCUT2D eigenvalue weighted by atomic mass is 16.5. The number of carbonyl (C=O) groups is 3. The molecular formula is C33H35N9O4. The predicted molar refractivity (Wildman–Crippen MR) is 172 cm³/mol. The van der Waals surface area contributed by atoms with Crippen LogP contribution in [-0.2, 0) is 21.4 Å². The molecule has 5 N–H and O–H groups in total. The molecule has 2 aromatic carbocycles.